The minimum atomic E-state index is -0.817. The number of hydrogen-bond acceptors (Lipinski definition) is 5. The van der Waals surface area contributed by atoms with E-state index in [0.717, 1.165) is 33.7 Å². The molecule has 3 aromatic rings. The molecule has 0 N–H and O–H groups in total. The van der Waals surface area contributed by atoms with Crippen molar-refractivity contribution >= 4 is 16.7 Å². The molecule has 1 aliphatic heterocycles. The highest BCUT2D eigenvalue weighted by atomic mass is 19.1. The van der Waals surface area contributed by atoms with Gasteiger partial charge in [0.2, 0.25) is 0 Å². The number of halogens is 1. The zero-order chi connectivity index (χ0) is 18.3. The molecule has 26 heavy (non-hydrogen) atoms. The van der Waals surface area contributed by atoms with E-state index in [1.165, 1.54) is 0 Å². The molecule has 2 aromatic heterocycles. The van der Waals surface area contributed by atoms with Gasteiger partial charge in [-0.25, -0.2) is 9.07 Å². The van der Waals surface area contributed by atoms with Gasteiger partial charge in [0.05, 0.1) is 35.6 Å². The molecule has 0 saturated carbocycles. The largest absolute Gasteiger partial charge is 0.494 e. The number of hydrogen-bond donors (Lipinski definition) is 0. The Morgan fingerprint density at radius 1 is 1.19 bits per heavy atom. The molecule has 4 rings (SSSR count). The number of rotatable bonds is 4. The van der Waals surface area contributed by atoms with Crippen LogP contribution in [-0.4, -0.2) is 45.8 Å². The second-order valence-corrected chi connectivity index (χ2v) is 6.59. The third kappa shape index (κ3) is 2.77. The number of alkyl halides is 1. The zero-order valence-corrected chi connectivity index (χ0v) is 15.2. The Balaban J connectivity index is 1.81. The third-order valence-corrected chi connectivity index (χ3v) is 4.81. The number of fused-ring (bicyclic) bond motifs is 1. The summed E-state index contributed by atoms with van der Waals surface area (Å²) < 4.78 is 21.1. The van der Waals surface area contributed by atoms with Crippen LogP contribution in [0.3, 0.4) is 0 Å². The maximum atomic E-state index is 13.7. The molecular formula is C19H22FN5O. The Kier molecular flexibility index (Phi) is 4.22. The van der Waals surface area contributed by atoms with Crippen molar-refractivity contribution in [2.24, 2.45) is 0 Å². The highest BCUT2D eigenvalue weighted by Crippen LogP contribution is 2.31. The highest BCUT2D eigenvalue weighted by molar-refractivity contribution is 5.92. The number of ether oxygens (including phenoxy) is 1. The predicted molar refractivity (Wildman–Crippen MR) is 99.0 cm³/mol. The van der Waals surface area contributed by atoms with Crippen LogP contribution in [0.5, 0.6) is 5.75 Å². The minimum Gasteiger partial charge on any atom is -0.494 e. The van der Waals surface area contributed by atoms with Crippen molar-refractivity contribution < 1.29 is 9.13 Å². The Morgan fingerprint density at radius 2 is 1.96 bits per heavy atom. The van der Waals surface area contributed by atoms with Crippen molar-refractivity contribution in [1.29, 1.82) is 0 Å². The number of benzene rings is 1. The summed E-state index contributed by atoms with van der Waals surface area (Å²) in [6, 6.07) is 7.83. The standard InChI is InChI=1S/C19H22FN5O/c1-4-26-16-7-5-15(6-8-16)25-13(3)17-12(2)21-22-19(18(17)23-25)24-10-9-14(20)11-24/h5-8,14H,4,9-11H2,1-3H3/t14-/m1/s1. The van der Waals surface area contributed by atoms with E-state index in [9.17, 15) is 4.39 Å². The summed E-state index contributed by atoms with van der Waals surface area (Å²) in [5.74, 6) is 1.50. The molecule has 1 aromatic carbocycles. The van der Waals surface area contributed by atoms with Gasteiger partial charge in [-0.05, 0) is 51.5 Å². The lowest BCUT2D eigenvalue weighted by atomic mass is 10.2. The summed E-state index contributed by atoms with van der Waals surface area (Å²) in [7, 11) is 0. The average Bonchev–Trinajstić information content (AvgIpc) is 3.21. The van der Waals surface area contributed by atoms with Crippen LogP contribution < -0.4 is 9.64 Å². The van der Waals surface area contributed by atoms with Crippen LogP contribution >= 0.6 is 0 Å². The normalized spacial score (nSPS) is 17.2. The second kappa shape index (κ2) is 6.55. The smallest absolute Gasteiger partial charge is 0.179 e. The van der Waals surface area contributed by atoms with E-state index in [2.05, 4.69) is 10.2 Å². The Bertz CT molecular complexity index is 937. The number of aromatic nitrogens is 4. The molecule has 0 aliphatic carbocycles. The van der Waals surface area contributed by atoms with Gasteiger partial charge in [-0.1, -0.05) is 0 Å². The maximum absolute atomic E-state index is 13.7. The number of nitrogens with zero attached hydrogens (tertiary/aromatic N) is 5. The fourth-order valence-corrected chi connectivity index (χ4v) is 3.54. The molecule has 7 heteroatoms. The van der Waals surface area contributed by atoms with E-state index >= 15 is 0 Å². The average molecular weight is 355 g/mol. The van der Waals surface area contributed by atoms with Crippen LogP contribution in [0.1, 0.15) is 24.7 Å². The second-order valence-electron chi connectivity index (χ2n) is 6.59. The van der Waals surface area contributed by atoms with Crippen LogP contribution in [0.4, 0.5) is 10.2 Å². The van der Waals surface area contributed by atoms with E-state index in [1.54, 1.807) is 0 Å². The lowest BCUT2D eigenvalue weighted by molar-refractivity contribution is 0.340. The van der Waals surface area contributed by atoms with Crippen LogP contribution in [0, 0.1) is 13.8 Å². The molecule has 1 aliphatic rings. The van der Waals surface area contributed by atoms with Crippen LogP contribution in [0.15, 0.2) is 24.3 Å². The topological polar surface area (TPSA) is 56.1 Å². The Labute approximate surface area is 151 Å². The van der Waals surface area contributed by atoms with Crippen molar-refractivity contribution in [3.8, 4) is 11.4 Å². The molecule has 0 unspecified atom stereocenters. The molecule has 3 heterocycles. The first-order valence-electron chi connectivity index (χ1n) is 8.93. The van der Waals surface area contributed by atoms with Crippen LogP contribution in [0.2, 0.25) is 0 Å². The van der Waals surface area contributed by atoms with Gasteiger partial charge in [0.1, 0.15) is 17.4 Å². The van der Waals surface area contributed by atoms with Gasteiger partial charge in [-0.2, -0.15) is 10.2 Å². The van der Waals surface area contributed by atoms with Gasteiger partial charge in [-0.3, -0.25) is 0 Å². The fourth-order valence-electron chi connectivity index (χ4n) is 3.54. The highest BCUT2D eigenvalue weighted by Gasteiger charge is 2.27. The summed E-state index contributed by atoms with van der Waals surface area (Å²) >= 11 is 0. The minimum absolute atomic E-state index is 0.349. The molecule has 1 atom stereocenters. The first-order valence-corrected chi connectivity index (χ1v) is 8.93. The van der Waals surface area contributed by atoms with Crippen LogP contribution in [0.25, 0.3) is 16.6 Å². The van der Waals surface area contributed by atoms with E-state index in [-0.39, 0.29) is 0 Å². The molecular weight excluding hydrogens is 333 g/mol. The summed E-state index contributed by atoms with van der Waals surface area (Å²) in [6.45, 7) is 7.54. The first-order chi connectivity index (χ1) is 12.6. The van der Waals surface area contributed by atoms with E-state index in [4.69, 9.17) is 9.84 Å². The van der Waals surface area contributed by atoms with Crippen molar-refractivity contribution in [2.45, 2.75) is 33.4 Å². The molecule has 0 bridgehead atoms. The Morgan fingerprint density at radius 3 is 2.62 bits per heavy atom. The van der Waals surface area contributed by atoms with Crippen molar-refractivity contribution in [3.63, 3.8) is 0 Å². The van der Waals surface area contributed by atoms with Gasteiger partial charge in [0, 0.05) is 6.54 Å². The van der Waals surface area contributed by atoms with Gasteiger partial charge in [-0.15, -0.1) is 5.10 Å². The van der Waals surface area contributed by atoms with E-state index in [1.807, 2.05) is 54.6 Å². The molecule has 0 amide bonds. The number of anilines is 1. The lowest BCUT2D eigenvalue weighted by Gasteiger charge is -2.15. The quantitative estimate of drug-likeness (QED) is 0.718. The fraction of sp³-hybridized carbons (Fsp3) is 0.421. The monoisotopic (exact) mass is 355 g/mol. The summed E-state index contributed by atoms with van der Waals surface area (Å²) in [4.78, 5) is 1.94. The van der Waals surface area contributed by atoms with Crippen molar-refractivity contribution in [3.05, 3.63) is 35.7 Å². The van der Waals surface area contributed by atoms with Crippen LogP contribution in [-0.2, 0) is 0 Å². The van der Waals surface area contributed by atoms with Crippen molar-refractivity contribution in [2.75, 3.05) is 24.6 Å². The van der Waals surface area contributed by atoms with E-state index < -0.39 is 6.17 Å². The molecule has 136 valence electrons. The third-order valence-electron chi connectivity index (χ3n) is 4.81. The van der Waals surface area contributed by atoms with E-state index in [0.29, 0.717) is 31.9 Å². The predicted octanol–water partition coefficient (Wildman–Crippen LogP) is 3.38. The summed E-state index contributed by atoms with van der Waals surface area (Å²) in [5.41, 5.74) is 3.54. The van der Waals surface area contributed by atoms with Gasteiger partial charge in [0.25, 0.3) is 0 Å². The molecule has 1 fully saturated rings. The lowest BCUT2D eigenvalue weighted by Crippen LogP contribution is -2.22. The van der Waals surface area contributed by atoms with Gasteiger partial charge >= 0.3 is 0 Å². The first kappa shape index (κ1) is 16.8. The maximum Gasteiger partial charge on any atom is 0.179 e. The zero-order valence-electron chi connectivity index (χ0n) is 15.2. The molecule has 1 saturated heterocycles. The molecule has 0 spiro atoms. The van der Waals surface area contributed by atoms with Crippen molar-refractivity contribution in [1.82, 2.24) is 20.0 Å². The molecule has 0 radical (unpaired) electrons. The number of aryl methyl sites for hydroxylation is 2. The molecule has 6 nitrogen and oxygen atoms in total. The Hall–Kier alpha value is -2.70. The summed E-state index contributed by atoms with van der Waals surface area (Å²) in [5, 5.41) is 14.4. The summed E-state index contributed by atoms with van der Waals surface area (Å²) in [6.07, 6.45) is -0.294. The van der Waals surface area contributed by atoms with Gasteiger partial charge < -0.3 is 9.64 Å². The SMILES string of the molecule is CCOc1ccc(-n2nc3c(N4CC[C@@H](F)C4)nnc(C)c3c2C)cc1. The van der Waals surface area contributed by atoms with Gasteiger partial charge in [0.15, 0.2) is 5.82 Å².